The Balaban J connectivity index is 2.44. The Kier molecular flexibility index (Phi) is 4.16. The quantitative estimate of drug-likeness (QED) is 0.688. The summed E-state index contributed by atoms with van der Waals surface area (Å²) < 4.78 is 0. The average molecular weight is 283 g/mol. The molecule has 6 nitrogen and oxygen atoms in total. The van der Waals surface area contributed by atoms with Crippen molar-refractivity contribution in [2.75, 3.05) is 11.9 Å². The number of nitro benzene ring substituents is 1. The lowest BCUT2D eigenvalue weighted by Gasteiger charge is -2.19. The summed E-state index contributed by atoms with van der Waals surface area (Å²) in [7, 11) is 1.71. The van der Waals surface area contributed by atoms with Gasteiger partial charge in [-0.2, -0.15) is 5.26 Å². The van der Waals surface area contributed by atoms with Crippen LogP contribution in [0.1, 0.15) is 11.1 Å². The first-order chi connectivity index (χ1) is 10.1. The van der Waals surface area contributed by atoms with E-state index in [2.05, 4.69) is 0 Å². The molecule has 0 unspecified atom stereocenters. The predicted molar refractivity (Wildman–Crippen MR) is 78.2 cm³/mol. The van der Waals surface area contributed by atoms with Crippen LogP contribution in [-0.4, -0.2) is 17.1 Å². The molecule has 0 aliphatic carbocycles. The van der Waals surface area contributed by atoms with E-state index in [1.54, 1.807) is 48.3 Å². The van der Waals surface area contributed by atoms with Crippen molar-refractivity contribution >= 4 is 17.1 Å². The standard InChI is InChI=1S/C15H13N3O3/c1-17(13-5-2-11(9-16)3-6-13)14-7-4-12(10-19)8-15(14)18(20)21/h2-8,19H,10H2,1H3. The first-order valence-corrected chi connectivity index (χ1v) is 6.19. The molecule has 21 heavy (non-hydrogen) atoms. The molecule has 0 aliphatic heterocycles. The van der Waals surface area contributed by atoms with Gasteiger partial charge in [-0.15, -0.1) is 0 Å². The molecule has 0 saturated heterocycles. The van der Waals surface area contributed by atoms with Gasteiger partial charge in [-0.25, -0.2) is 0 Å². The van der Waals surface area contributed by atoms with E-state index in [0.29, 0.717) is 16.8 Å². The van der Waals surface area contributed by atoms with Crippen LogP contribution in [0.3, 0.4) is 0 Å². The van der Waals surface area contributed by atoms with E-state index >= 15 is 0 Å². The van der Waals surface area contributed by atoms with Crippen molar-refractivity contribution in [3.05, 3.63) is 63.7 Å². The molecule has 0 bridgehead atoms. The van der Waals surface area contributed by atoms with Gasteiger partial charge in [-0.3, -0.25) is 10.1 Å². The average Bonchev–Trinajstić information content (AvgIpc) is 2.53. The molecule has 0 fully saturated rings. The summed E-state index contributed by atoms with van der Waals surface area (Å²) in [5, 5.41) is 29.0. The number of nitriles is 1. The fourth-order valence-corrected chi connectivity index (χ4v) is 2.00. The maximum Gasteiger partial charge on any atom is 0.293 e. The van der Waals surface area contributed by atoms with Gasteiger partial charge in [0, 0.05) is 18.8 Å². The molecule has 1 N–H and O–H groups in total. The SMILES string of the molecule is CN(c1ccc(C#N)cc1)c1ccc(CO)cc1[N+](=O)[O-]. The Labute approximate surface area is 121 Å². The van der Waals surface area contributed by atoms with E-state index in [1.807, 2.05) is 6.07 Å². The monoisotopic (exact) mass is 283 g/mol. The molecule has 2 aromatic rings. The molecule has 0 radical (unpaired) electrons. The maximum atomic E-state index is 11.2. The van der Waals surface area contributed by atoms with Gasteiger partial charge in [0.1, 0.15) is 5.69 Å². The molecule has 2 rings (SSSR count). The lowest BCUT2D eigenvalue weighted by molar-refractivity contribution is -0.384. The second-order valence-electron chi connectivity index (χ2n) is 4.46. The van der Waals surface area contributed by atoms with Crippen molar-refractivity contribution in [3.8, 4) is 6.07 Å². The first-order valence-electron chi connectivity index (χ1n) is 6.19. The molecule has 106 valence electrons. The van der Waals surface area contributed by atoms with Crippen molar-refractivity contribution in [3.63, 3.8) is 0 Å². The van der Waals surface area contributed by atoms with Crippen molar-refractivity contribution in [1.29, 1.82) is 5.26 Å². The molecule has 0 saturated carbocycles. The van der Waals surface area contributed by atoms with E-state index < -0.39 is 4.92 Å². The van der Waals surface area contributed by atoms with E-state index in [1.165, 1.54) is 6.07 Å². The van der Waals surface area contributed by atoms with Crippen LogP contribution >= 0.6 is 0 Å². The number of aliphatic hydroxyl groups excluding tert-OH is 1. The molecule has 0 amide bonds. The predicted octanol–water partition coefficient (Wildman–Crippen LogP) is 2.73. The van der Waals surface area contributed by atoms with Crippen molar-refractivity contribution < 1.29 is 10.0 Å². The zero-order chi connectivity index (χ0) is 15.4. The summed E-state index contributed by atoms with van der Waals surface area (Å²) in [6.45, 7) is -0.248. The Morgan fingerprint density at radius 3 is 2.48 bits per heavy atom. The van der Waals surface area contributed by atoms with Gasteiger partial charge in [-0.05, 0) is 35.9 Å². The second kappa shape index (κ2) is 6.03. The Morgan fingerprint density at radius 2 is 1.95 bits per heavy atom. The lowest BCUT2D eigenvalue weighted by Crippen LogP contribution is -2.11. The van der Waals surface area contributed by atoms with Crippen LogP contribution in [0.5, 0.6) is 0 Å². The molecule has 0 aromatic heterocycles. The zero-order valence-electron chi connectivity index (χ0n) is 11.4. The van der Waals surface area contributed by atoms with Gasteiger partial charge >= 0.3 is 0 Å². The molecular formula is C15H13N3O3. The van der Waals surface area contributed by atoms with Gasteiger partial charge in [0.2, 0.25) is 0 Å². The summed E-state index contributed by atoms with van der Waals surface area (Å²) in [6.07, 6.45) is 0. The number of hydrogen-bond donors (Lipinski definition) is 1. The number of nitro groups is 1. The van der Waals surface area contributed by atoms with E-state index in [4.69, 9.17) is 10.4 Å². The van der Waals surface area contributed by atoms with Crippen LogP contribution in [0.25, 0.3) is 0 Å². The van der Waals surface area contributed by atoms with Gasteiger partial charge < -0.3 is 10.0 Å². The van der Waals surface area contributed by atoms with Crippen LogP contribution in [0.4, 0.5) is 17.1 Å². The van der Waals surface area contributed by atoms with Crippen LogP contribution in [0, 0.1) is 21.4 Å². The number of aliphatic hydroxyl groups is 1. The molecule has 6 heteroatoms. The van der Waals surface area contributed by atoms with E-state index in [0.717, 1.165) is 5.69 Å². The van der Waals surface area contributed by atoms with Gasteiger partial charge in [0.05, 0.1) is 23.2 Å². The second-order valence-corrected chi connectivity index (χ2v) is 4.46. The van der Waals surface area contributed by atoms with Crippen molar-refractivity contribution in [1.82, 2.24) is 0 Å². The summed E-state index contributed by atoms with van der Waals surface area (Å²) in [5.41, 5.74) is 2.08. The molecular weight excluding hydrogens is 270 g/mol. The maximum absolute atomic E-state index is 11.2. The highest BCUT2D eigenvalue weighted by atomic mass is 16.6. The van der Waals surface area contributed by atoms with Gasteiger partial charge in [0.15, 0.2) is 0 Å². The Bertz CT molecular complexity index is 705. The fraction of sp³-hybridized carbons (Fsp3) is 0.133. The Hall–Kier alpha value is -2.91. The highest BCUT2D eigenvalue weighted by Crippen LogP contribution is 2.33. The van der Waals surface area contributed by atoms with Crippen LogP contribution < -0.4 is 4.90 Å². The molecule has 0 atom stereocenters. The van der Waals surface area contributed by atoms with E-state index in [9.17, 15) is 10.1 Å². The number of nitrogens with zero attached hydrogens (tertiary/aromatic N) is 3. The van der Waals surface area contributed by atoms with Crippen molar-refractivity contribution in [2.45, 2.75) is 6.61 Å². The molecule has 2 aromatic carbocycles. The minimum atomic E-state index is -0.478. The lowest BCUT2D eigenvalue weighted by atomic mass is 10.1. The Morgan fingerprint density at radius 1 is 1.29 bits per heavy atom. The van der Waals surface area contributed by atoms with Crippen LogP contribution in [0.2, 0.25) is 0 Å². The van der Waals surface area contributed by atoms with Gasteiger partial charge in [-0.1, -0.05) is 6.07 Å². The normalized spacial score (nSPS) is 9.95. The highest BCUT2D eigenvalue weighted by Gasteiger charge is 2.18. The summed E-state index contributed by atoms with van der Waals surface area (Å²) >= 11 is 0. The highest BCUT2D eigenvalue weighted by molar-refractivity contribution is 5.72. The minimum Gasteiger partial charge on any atom is -0.392 e. The smallest absolute Gasteiger partial charge is 0.293 e. The third kappa shape index (κ3) is 2.99. The third-order valence-corrected chi connectivity index (χ3v) is 3.16. The topological polar surface area (TPSA) is 90.4 Å². The summed E-state index contributed by atoms with van der Waals surface area (Å²) in [4.78, 5) is 12.4. The summed E-state index contributed by atoms with van der Waals surface area (Å²) in [6, 6.07) is 13.4. The number of hydrogen-bond acceptors (Lipinski definition) is 5. The summed E-state index contributed by atoms with van der Waals surface area (Å²) in [5.74, 6) is 0. The number of anilines is 2. The van der Waals surface area contributed by atoms with Crippen LogP contribution in [0.15, 0.2) is 42.5 Å². The fourth-order valence-electron chi connectivity index (χ4n) is 2.00. The van der Waals surface area contributed by atoms with Gasteiger partial charge in [0.25, 0.3) is 5.69 Å². The number of benzene rings is 2. The first kappa shape index (κ1) is 14.5. The zero-order valence-corrected chi connectivity index (χ0v) is 11.4. The largest absolute Gasteiger partial charge is 0.392 e. The molecule has 0 spiro atoms. The minimum absolute atomic E-state index is 0.0755. The number of rotatable bonds is 4. The van der Waals surface area contributed by atoms with E-state index in [-0.39, 0.29) is 12.3 Å². The van der Waals surface area contributed by atoms with Crippen molar-refractivity contribution in [2.24, 2.45) is 0 Å². The van der Waals surface area contributed by atoms with Crippen LogP contribution in [-0.2, 0) is 6.61 Å². The third-order valence-electron chi connectivity index (χ3n) is 3.16. The molecule has 0 heterocycles. The molecule has 0 aliphatic rings.